The van der Waals surface area contributed by atoms with Crippen LogP contribution in [-0.4, -0.2) is 29.2 Å². The molecule has 2 heteroatoms. The zero-order valence-corrected chi connectivity index (χ0v) is 8.19. The van der Waals surface area contributed by atoms with E-state index in [0.717, 1.165) is 5.25 Å². The van der Waals surface area contributed by atoms with Crippen molar-refractivity contribution in [2.75, 3.05) is 17.3 Å². The molecule has 1 fully saturated rings. The summed E-state index contributed by atoms with van der Waals surface area (Å²) in [5.41, 5.74) is 0. The van der Waals surface area contributed by atoms with Gasteiger partial charge >= 0.3 is 0 Å². The fourth-order valence-corrected chi connectivity index (χ4v) is 6.37. The van der Waals surface area contributed by atoms with Crippen LogP contribution in [0.5, 0.6) is 0 Å². The van der Waals surface area contributed by atoms with Crippen molar-refractivity contribution in [3.63, 3.8) is 0 Å². The van der Waals surface area contributed by atoms with Gasteiger partial charge in [-0.1, -0.05) is 20.8 Å². The summed E-state index contributed by atoms with van der Waals surface area (Å²) < 4.78 is 4.46. The van der Waals surface area contributed by atoms with Gasteiger partial charge in [-0.25, -0.2) is 9.35 Å². The van der Waals surface area contributed by atoms with Crippen molar-refractivity contribution in [3.05, 3.63) is 0 Å². The molecule has 0 spiro atoms. The molecular weight excluding hydrogens is 142 g/mol. The van der Waals surface area contributed by atoms with Gasteiger partial charge in [-0.05, 0) is 29.2 Å². The molecule has 0 aromatic heterocycles. The normalized spacial score (nSPS) is 30.6. The van der Waals surface area contributed by atoms with Crippen molar-refractivity contribution in [3.8, 4) is 0 Å². The van der Waals surface area contributed by atoms with Crippen LogP contribution in [0, 0.1) is 0 Å². The van der Waals surface area contributed by atoms with Crippen LogP contribution in [0.15, 0.2) is 4.40 Å². The summed E-state index contributed by atoms with van der Waals surface area (Å²) in [4.78, 5) is 0. The molecule has 0 amide bonds. The molecule has 1 heterocycles. The van der Waals surface area contributed by atoms with Crippen LogP contribution >= 0.6 is 9.35 Å². The third-order valence-corrected chi connectivity index (χ3v) is 10.4. The van der Waals surface area contributed by atoms with E-state index < -0.39 is 9.35 Å². The van der Waals surface area contributed by atoms with E-state index >= 15 is 0 Å². The van der Waals surface area contributed by atoms with E-state index in [1.54, 1.807) is 0 Å². The molecule has 0 aliphatic carbocycles. The summed E-state index contributed by atoms with van der Waals surface area (Å²) in [6.07, 6.45) is 0. The summed E-state index contributed by atoms with van der Waals surface area (Å²) in [6.45, 7) is 10.7. The smallest absolute Gasteiger partial charge is 0.00498 e. The number of hydrogen-bond acceptors (Lipinski definition) is 1. The van der Waals surface area contributed by atoms with Crippen molar-refractivity contribution in [2.24, 2.45) is 4.40 Å². The fraction of sp³-hybridized carbons (Fsp3) is 0.875. The van der Waals surface area contributed by atoms with E-state index in [0.29, 0.717) is 0 Å². The predicted octanol–water partition coefficient (Wildman–Crippen LogP) is 2.12. The molecule has 0 N–H and O–H groups in total. The molecule has 1 saturated heterocycles. The van der Waals surface area contributed by atoms with Gasteiger partial charge in [0.05, 0.1) is 0 Å². The Balaban J connectivity index is 2.87. The highest BCUT2D eigenvalue weighted by molar-refractivity contribution is 8.54. The Bertz CT molecular complexity index is 159. The first-order chi connectivity index (χ1) is 4.59. The standard InChI is InChI=1S/C8H19NS/c1-5-10(9-4,6-7-10)8(2)3/h8,10H,4-7H2,1-3H3. The van der Waals surface area contributed by atoms with Gasteiger partial charge < -0.3 is 0 Å². The Morgan fingerprint density at radius 3 is 2.00 bits per heavy atom. The van der Waals surface area contributed by atoms with Crippen LogP contribution in [-0.2, 0) is 0 Å². The maximum atomic E-state index is 4.46. The Morgan fingerprint density at radius 2 is 2.00 bits per heavy atom. The molecule has 62 valence electrons. The van der Waals surface area contributed by atoms with E-state index in [2.05, 4.69) is 31.9 Å². The number of hydrogen-bond donors (Lipinski definition) is 1. The third-order valence-electron chi connectivity index (χ3n) is 3.48. The number of nitrogens with zero attached hydrogens (tertiary/aromatic N) is 1. The average Bonchev–Trinajstić information content (AvgIpc) is 2.66. The quantitative estimate of drug-likeness (QED) is 0.370. The van der Waals surface area contributed by atoms with Gasteiger partial charge in [-0.3, -0.25) is 4.40 Å². The average molecular weight is 161 g/mol. The zero-order valence-electron chi connectivity index (χ0n) is 7.30. The first-order valence-electron chi connectivity index (χ1n) is 4.08. The molecule has 1 rings (SSSR count). The Hall–Kier alpha value is 0.0200. The van der Waals surface area contributed by atoms with Crippen LogP contribution in [0.2, 0.25) is 0 Å². The SMILES string of the molecule is C=N[SH]1(CC)(C(C)C)CC1. The van der Waals surface area contributed by atoms with Crippen molar-refractivity contribution < 1.29 is 0 Å². The van der Waals surface area contributed by atoms with Gasteiger partial charge in [-0.15, -0.1) is 0 Å². The maximum Gasteiger partial charge on any atom is -0.00498 e. The first kappa shape index (κ1) is 8.12. The van der Waals surface area contributed by atoms with Crippen LogP contribution < -0.4 is 0 Å². The molecule has 0 aromatic carbocycles. The van der Waals surface area contributed by atoms with E-state index in [1.807, 2.05) is 0 Å². The summed E-state index contributed by atoms with van der Waals surface area (Å²) in [6, 6.07) is 0. The summed E-state index contributed by atoms with van der Waals surface area (Å²) >= 11 is 0. The second-order valence-electron chi connectivity index (χ2n) is 3.76. The Labute approximate surface area is 64.3 Å². The van der Waals surface area contributed by atoms with Crippen LogP contribution in [0.4, 0.5) is 0 Å². The monoisotopic (exact) mass is 161 g/mol. The highest BCUT2D eigenvalue weighted by Gasteiger charge is 2.52. The molecule has 1 nitrogen and oxygen atoms in total. The molecule has 10 heavy (non-hydrogen) atoms. The van der Waals surface area contributed by atoms with E-state index in [9.17, 15) is 0 Å². The van der Waals surface area contributed by atoms with Crippen molar-refractivity contribution in [1.29, 1.82) is 0 Å². The lowest BCUT2D eigenvalue weighted by Gasteiger charge is -2.44. The van der Waals surface area contributed by atoms with Gasteiger partial charge in [0.1, 0.15) is 0 Å². The molecule has 0 bridgehead atoms. The Kier molecular flexibility index (Phi) is 1.63. The molecule has 1 aliphatic rings. The predicted molar refractivity (Wildman–Crippen MR) is 53.9 cm³/mol. The topological polar surface area (TPSA) is 12.4 Å². The number of rotatable bonds is 3. The minimum atomic E-state index is -1.47. The third kappa shape index (κ3) is 0.746. The summed E-state index contributed by atoms with van der Waals surface area (Å²) in [5.74, 6) is 4.04. The second-order valence-corrected chi connectivity index (χ2v) is 10.1. The lowest BCUT2D eigenvalue weighted by Crippen LogP contribution is -2.14. The fourth-order valence-electron chi connectivity index (χ4n) is 1.78. The van der Waals surface area contributed by atoms with Gasteiger partial charge in [0.25, 0.3) is 0 Å². The van der Waals surface area contributed by atoms with E-state index in [1.165, 1.54) is 17.3 Å². The minimum Gasteiger partial charge on any atom is -0.271 e. The Morgan fingerprint density at radius 1 is 1.50 bits per heavy atom. The van der Waals surface area contributed by atoms with Gasteiger partial charge in [0, 0.05) is 0 Å². The molecular formula is C8H19NS. The maximum absolute atomic E-state index is 4.46. The van der Waals surface area contributed by atoms with Gasteiger partial charge in [-0.2, -0.15) is 0 Å². The van der Waals surface area contributed by atoms with Crippen molar-refractivity contribution in [2.45, 2.75) is 26.0 Å². The largest absolute Gasteiger partial charge is 0.271 e. The number of thiol groups is 1. The molecule has 1 aliphatic heterocycles. The lowest BCUT2D eigenvalue weighted by atomic mass is 10.6. The molecule has 0 unspecified atom stereocenters. The van der Waals surface area contributed by atoms with Crippen LogP contribution in [0.1, 0.15) is 20.8 Å². The minimum absolute atomic E-state index is 0.786. The highest BCUT2D eigenvalue weighted by Crippen LogP contribution is 2.84. The van der Waals surface area contributed by atoms with Gasteiger partial charge in [0.15, 0.2) is 0 Å². The summed E-state index contributed by atoms with van der Waals surface area (Å²) in [7, 11) is -1.47. The van der Waals surface area contributed by atoms with E-state index in [4.69, 9.17) is 0 Å². The second kappa shape index (κ2) is 2.00. The highest BCUT2D eigenvalue weighted by atomic mass is 32.3. The molecule has 0 radical (unpaired) electrons. The summed E-state index contributed by atoms with van der Waals surface area (Å²) in [5, 5.41) is 0.786. The van der Waals surface area contributed by atoms with Crippen LogP contribution in [0.3, 0.4) is 0 Å². The molecule has 0 atom stereocenters. The van der Waals surface area contributed by atoms with Gasteiger partial charge in [0.2, 0.25) is 0 Å². The van der Waals surface area contributed by atoms with E-state index in [-0.39, 0.29) is 0 Å². The zero-order chi connectivity index (χ0) is 7.85. The van der Waals surface area contributed by atoms with Crippen LogP contribution in [0.25, 0.3) is 0 Å². The van der Waals surface area contributed by atoms with Crippen molar-refractivity contribution in [1.82, 2.24) is 0 Å². The van der Waals surface area contributed by atoms with Crippen molar-refractivity contribution >= 4 is 16.1 Å². The molecule has 0 aromatic rings. The first-order valence-corrected chi connectivity index (χ1v) is 6.90. The molecule has 0 saturated carbocycles. The lowest BCUT2D eigenvalue weighted by molar-refractivity contribution is 1.08.